The van der Waals surface area contributed by atoms with E-state index in [1.807, 2.05) is 0 Å². The maximum absolute atomic E-state index is 11.9. The second kappa shape index (κ2) is 6.68. The van der Waals surface area contributed by atoms with Gasteiger partial charge in [-0.3, -0.25) is 4.90 Å². The van der Waals surface area contributed by atoms with Gasteiger partial charge in [-0.25, -0.2) is 13.1 Å². The monoisotopic (exact) mass is 263 g/mol. The fourth-order valence-electron chi connectivity index (χ4n) is 2.29. The van der Waals surface area contributed by atoms with Crippen molar-refractivity contribution >= 4 is 10.0 Å². The number of hydrogen-bond donors (Lipinski definition) is 2. The van der Waals surface area contributed by atoms with Crippen LogP contribution >= 0.6 is 0 Å². The lowest BCUT2D eigenvalue weighted by Crippen LogP contribution is -2.44. The van der Waals surface area contributed by atoms with E-state index in [2.05, 4.69) is 21.9 Å². The van der Waals surface area contributed by atoms with Gasteiger partial charge in [-0.05, 0) is 39.9 Å². The molecule has 0 aromatic heterocycles. The Bertz CT molecular complexity index is 319. The third-order valence-corrected chi connectivity index (χ3v) is 5.24. The van der Waals surface area contributed by atoms with Gasteiger partial charge in [0.25, 0.3) is 0 Å². The molecule has 0 amide bonds. The van der Waals surface area contributed by atoms with Gasteiger partial charge in [0.05, 0.1) is 5.25 Å². The van der Waals surface area contributed by atoms with Gasteiger partial charge in [0.15, 0.2) is 0 Å². The molecule has 0 aromatic rings. The number of sulfonamides is 1. The summed E-state index contributed by atoms with van der Waals surface area (Å²) >= 11 is 0. The van der Waals surface area contributed by atoms with Crippen LogP contribution in [0.2, 0.25) is 0 Å². The minimum Gasteiger partial charge on any atom is -0.318 e. The third kappa shape index (κ3) is 4.21. The molecular formula is C11H25N3O2S. The fraction of sp³-hybridized carbons (Fsp3) is 1.00. The molecular weight excluding hydrogens is 238 g/mol. The molecule has 0 saturated carbocycles. The van der Waals surface area contributed by atoms with Crippen molar-refractivity contribution in [1.82, 2.24) is 14.9 Å². The van der Waals surface area contributed by atoms with Crippen molar-refractivity contribution in [2.24, 2.45) is 0 Å². The topological polar surface area (TPSA) is 61.4 Å². The van der Waals surface area contributed by atoms with Crippen molar-refractivity contribution in [3.05, 3.63) is 0 Å². The van der Waals surface area contributed by atoms with Gasteiger partial charge in [0.2, 0.25) is 10.0 Å². The third-order valence-electron chi connectivity index (χ3n) is 3.45. The summed E-state index contributed by atoms with van der Waals surface area (Å²) in [5.41, 5.74) is 0. The molecule has 0 radical (unpaired) electrons. The number of nitrogens with one attached hydrogen (secondary N) is 2. The first-order valence-electron chi connectivity index (χ1n) is 6.38. The van der Waals surface area contributed by atoms with E-state index in [1.54, 1.807) is 14.0 Å². The van der Waals surface area contributed by atoms with Crippen LogP contribution in [0.1, 0.15) is 26.7 Å². The highest BCUT2D eigenvalue weighted by Gasteiger charge is 2.26. The Kier molecular flexibility index (Phi) is 5.85. The largest absolute Gasteiger partial charge is 0.318 e. The number of likely N-dealkylation sites (N-methyl/N-ethyl adjacent to an activating group) is 1. The highest BCUT2D eigenvalue weighted by Crippen LogP contribution is 2.16. The van der Waals surface area contributed by atoms with E-state index in [0.29, 0.717) is 19.1 Å². The molecule has 1 aliphatic heterocycles. The van der Waals surface area contributed by atoms with Crippen LogP contribution in [-0.2, 0) is 10.0 Å². The van der Waals surface area contributed by atoms with Crippen LogP contribution < -0.4 is 10.0 Å². The second-order valence-corrected chi connectivity index (χ2v) is 6.87. The average molecular weight is 263 g/mol. The summed E-state index contributed by atoms with van der Waals surface area (Å²) < 4.78 is 26.5. The maximum Gasteiger partial charge on any atom is 0.215 e. The standard InChI is InChI=1S/C11H25N3O2S/c1-4-14-7-5-6-11(14)9-13-17(15,16)10(2)8-12-3/h10-13H,4-9H2,1-3H3. The van der Waals surface area contributed by atoms with Gasteiger partial charge in [-0.2, -0.15) is 0 Å². The van der Waals surface area contributed by atoms with Crippen LogP contribution in [0.4, 0.5) is 0 Å². The quantitative estimate of drug-likeness (QED) is 0.679. The summed E-state index contributed by atoms with van der Waals surface area (Å²) in [5, 5.41) is 2.51. The number of rotatable bonds is 7. The van der Waals surface area contributed by atoms with Crippen LogP contribution in [0.3, 0.4) is 0 Å². The molecule has 0 aromatic carbocycles. The summed E-state index contributed by atoms with van der Waals surface area (Å²) in [4.78, 5) is 2.34. The Balaban J connectivity index is 2.44. The molecule has 102 valence electrons. The van der Waals surface area contributed by atoms with Crippen molar-refractivity contribution in [1.29, 1.82) is 0 Å². The zero-order valence-corrected chi connectivity index (χ0v) is 11.9. The summed E-state index contributed by atoms with van der Waals surface area (Å²) in [5.74, 6) is 0. The van der Waals surface area contributed by atoms with Crippen LogP contribution in [0.5, 0.6) is 0 Å². The zero-order chi connectivity index (χ0) is 12.9. The summed E-state index contributed by atoms with van der Waals surface area (Å²) in [6.07, 6.45) is 2.27. The predicted octanol–water partition coefficient (Wildman–Crippen LogP) is -0.00200. The molecule has 2 unspecified atom stereocenters. The van der Waals surface area contributed by atoms with E-state index >= 15 is 0 Å². The zero-order valence-electron chi connectivity index (χ0n) is 11.1. The van der Waals surface area contributed by atoms with Gasteiger partial charge < -0.3 is 5.32 Å². The molecule has 1 rings (SSSR count). The van der Waals surface area contributed by atoms with E-state index in [-0.39, 0.29) is 5.25 Å². The smallest absolute Gasteiger partial charge is 0.215 e. The van der Waals surface area contributed by atoms with Crippen molar-refractivity contribution in [2.45, 2.75) is 38.0 Å². The molecule has 6 heteroatoms. The highest BCUT2D eigenvalue weighted by atomic mass is 32.2. The van der Waals surface area contributed by atoms with Crippen LogP contribution in [0.15, 0.2) is 0 Å². The van der Waals surface area contributed by atoms with Crippen LogP contribution in [-0.4, -0.2) is 57.8 Å². The number of hydrogen-bond acceptors (Lipinski definition) is 4. The minimum atomic E-state index is -3.18. The molecule has 1 aliphatic rings. The van der Waals surface area contributed by atoms with Crippen molar-refractivity contribution in [3.8, 4) is 0 Å². The second-order valence-electron chi connectivity index (χ2n) is 4.69. The lowest BCUT2D eigenvalue weighted by atomic mass is 10.2. The van der Waals surface area contributed by atoms with Gasteiger partial charge in [-0.15, -0.1) is 0 Å². The first-order valence-corrected chi connectivity index (χ1v) is 7.93. The number of likely N-dealkylation sites (tertiary alicyclic amines) is 1. The van der Waals surface area contributed by atoms with Crippen molar-refractivity contribution in [3.63, 3.8) is 0 Å². The molecule has 17 heavy (non-hydrogen) atoms. The molecule has 5 nitrogen and oxygen atoms in total. The Morgan fingerprint density at radius 3 is 2.76 bits per heavy atom. The van der Waals surface area contributed by atoms with Gasteiger partial charge >= 0.3 is 0 Å². The molecule has 0 bridgehead atoms. The first kappa shape index (κ1) is 14.9. The molecule has 0 aliphatic carbocycles. The lowest BCUT2D eigenvalue weighted by Gasteiger charge is -2.23. The summed E-state index contributed by atoms with van der Waals surface area (Å²) in [6.45, 7) is 6.97. The highest BCUT2D eigenvalue weighted by molar-refractivity contribution is 7.90. The molecule has 2 N–H and O–H groups in total. The number of nitrogens with zero attached hydrogens (tertiary/aromatic N) is 1. The first-order chi connectivity index (χ1) is 8.01. The SMILES string of the molecule is CCN1CCCC1CNS(=O)(=O)C(C)CNC. The molecule has 2 atom stereocenters. The molecule has 1 fully saturated rings. The minimum absolute atomic E-state index is 0.372. The molecule has 1 heterocycles. The summed E-state index contributed by atoms with van der Waals surface area (Å²) in [6, 6.07) is 0.372. The predicted molar refractivity (Wildman–Crippen MR) is 70.6 cm³/mol. The van der Waals surface area contributed by atoms with E-state index in [1.165, 1.54) is 6.42 Å². The van der Waals surface area contributed by atoms with E-state index in [4.69, 9.17) is 0 Å². The normalized spacial score (nSPS) is 24.1. The van der Waals surface area contributed by atoms with Gasteiger partial charge in [0.1, 0.15) is 0 Å². The van der Waals surface area contributed by atoms with Crippen molar-refractivity contribution in [2.75, 3.05) is 33.2 Å². The van der Waals surface area contributed by atoms with Crippen molar-refractivity contribution < 1.29 is 8.42 Å². The van der Waals surface area contributed by atoms with E-state index in [0.717, 1.165) is 19.5 Å². The molecule has 0 spiro atoms. The maximum atomic E-state index is 11.9. The average Bonchev–Trinajstić information content (AvgIpc) is 2.74. The Morgan fingerprint density at radius 1 is 1.47 bits per heavy atom. The van der Waals surface area contributed by atoms with Gasteiger partial charge in [-0.1, -0.05) is 6.92 Å². The molecule has 1 saturated heterocycles. The Morgan fingerprint density at radius 2 is 2.18 bits per heavy atom. The lowest BCUT2D eigenvalue weighted by molar-refractivity contribution is 0.268. The van der Waals surface area contributed by atoms with Crippen LogP contribution in [0.25, 0.3) is 0 Å². The Hall–Kier alpha value is -0.170. The fourth-order valence-corrected chi connectivity index (χ4v) is 3.39. The van der Waals surface area contributed by atoms with E-state index < -0.39 is 10.0 Å². The van der Waals surface area contributed by atoms with Crippen LogP contribution in [0, 0.1) is 0 Å². The van der Waals surface area contributed by atoms with Gasteiger partial charge in [0, 0.05) is 19.1 Å². The summed E-state index contributed by atoms with van der Waals surface area (Å²) in [7, 11) is -1.42. The Labute approximate surface area is 105 Å². The van der Waals surface area contributed by atoms with E-state index in [9.17, 15) is 8.42 Å².